The summed E-state index contributed by atoms with van der Waals surface area (Å²) >= 11 is 0. The predicted octanol–water partition coefficient (Wildman–Crippen LogP) is 4.35. The lowest BCUT2D eigenvalue weighted by atomic mass is 9.95. The molecule has 1 fully saturated rings. The molecule has 37 heavy (non-hydrogen) atoms. The highest BCUT2D eigenvalue weighted by molar-refractivity contribution is 5.79. The fourth-order valence-corrected chi connectivity index (χ4v) is 4.53. The molecular weight excluding hydrogens is 470 g/mol. The smallest absolute Gasteiger partial charge is 0.261 e. The zero-order valence-corrected chi connectivity index (χ0v) is 20.9. The molecule has 2 aromatic heterocycles. The lowest BCUT2D eigenvalue weighted by Gasteiger charge is -2.32. The maximum absolute atomic E-state index is 12.9. The van der Waals surface area contributed by atoms with E-state index in [1.54, 1.807) is 20.4 Å². The van der Waals surface area contributed by atoms with E-state index in [9.17, 15) is 4.79 Å². The fraction of sp³-hybridized carbons (Fsp3) is 0.286. The molecule has 0 atom stereocenters. The summed E-state index contributed by atoms with van der Waals surface area (Å²) in [6.07, 6.45) is 3.22. The van der Waals surface area contributed by atoms with Gasteiger partial charge in [0, 0.05) is 37.3 Å². The van der Waals surface area contributed by atoms with Gasteiger partial charge < -0.3 is 24.2 Å². The first-order valence-electron chi connectivity index (χ1n) is 12.2. The molecule has 0 radical (unpaired) electrons. The van der Waals surface area contributed by atoms with Gasteiger partial charge in [-0.2, -0.15) is 4.98 Å². The Kier molecular flexibility index (Phi) is 7.30. The molecule has 1 aliphatic heterocycles. The minimum absolute atomic E-state index is 0.0556. The minimum atomic E-state index is -0.0587. The van der Waals surface area contributed by atoms with Crippen LogP contribution >= 0.6 is 0 Å². The van der Waals surface area contributed by atoms with Gasteiger partial charge in [-0.15, -0.1) is 0 Å². The Balaban J connectivity index is 1.21. The number of rotatable bonds is 8. The molecule has 9 heteroatoms. The monoisotopic (exact) mass is 499 g/mol. The van der Waals surface area contributed by atoms with Crippen molar-refractivity contribution in [3.63, 3.8) is 0 Å². The number of hydrogen-bond acceptors (Lipinski definition) is 8. The Hall–Kier alpha value is -4.40. The second kappa shape index (κ2) is 11.1. The summed E-state index contributed by atoms with van der Waals surface area (Å²) in [5.41, 5.74) is 2.63. The van der Waals surface area contributed by atoms with Gasteiger partial charge in [0.25, 0.3) is 5.89 Å². The molecular formula is C28H29N5O4. The van der Waals surface area contributed by atoms with Crippen molar-refractivity contribution < 1.29 is 18.8 Å². The number of benzene rings is 2. The van der Waals surface area contributed by atoms with Crippen LogP contribution in [0.25, 0.3) is 22.8 Å². The van der Waals surface area contributed by atoms with Crippen LogP contribution in [0, 0.1) is 5.92 Å². The summed E-state index contributed by atoms with van der Waals surface area (Å²) in [6, 6.07) is 19.2. The second-order valence-electron chi connectivity index (χ2n) is 8.83. The number of ether oxygens (including phenoxy) is 2. The van der Waals surface area contributed by atoms with Crippen molar-refractivity contribution in [2.45, 2.75) is 19.4 Å². The molecule has 3 heterocycles. The van der Waals surface area contributed by atoms with E-state index in [0.717, 1.165) is 35.3 Å². The van der Waals surface area contributed by atoms with E-state index >= 15 is 0 Å². The molecule has 0 aliphatic carbocycles. The highest BCUT2D eigenvalue weighted by Crippen LogP contribution is 2.32. The topological polar surface area (TPSA) is 103 Å². The molecule has 1 saturated heterocycles. The van der Waals surface area contributed by atoms with Crippen molar-refractivity contribution >= 4 is 11.7 Å². The quantitative estimate of drug-likeness (QED) is 0.382. The van der Waals surface area contributed by atoms with Crippen LogP contribution in [0.1, 0.15) is 18.4 Å². The molecule has 190 valence electrons. The lowest BCUT2D eigenvalue weighted by molar-refractivity contribution is -0.125. The maximum atomic E-state index is 12.9. The van der Waals surface area contributed by atoms with E-state index in [0.29, 0.717) is 42.8 Å². The molecule has 1 amide bonds. The number of carbonyl (C=O) groups excluding carboxylic acids is 1. The largest absolute Gasteiger partial charge is 0.493 e. The predicted molar refractivity (Wildman–Crippen MR) is 139 cm³/mol. The Morgan fingerprint density at radius 1 is 1.03 bits per heavy atom. The molecule has 5 rings (SSSR count). The molecule has 0 saturated carbocycles. The van der Waals surface area contributed by atoms with E-state index < -0.39 is 0 Å². The Morgan fingerprint density at radius 3 is 2.57 bits per heavy atom. The van der Waals surface area contributed by atoms with Gasteiger partial charge in [-0.1, -0.05) is 41.6 Å². The summed E-state index contributed by atoms with van der Waals surface area (Å²) < 4.78 is 16.2. The summed E-state index contributed by atoms with van der Waals surface area (Å²) in [7, 11) is 3.20. The summed E-state index contributed by atoms with van der Waals surface area (Å²) in [5, 5.41) is 7.21. The third-order valence-electron chi connectivity index (χ3n) is 6.56. The van der Waals surface area contributed by atoms with Gasteiger partial charge in [0.2, 0.25) is 11.7 Å². The van der Waals surface area contributed by atoms with Crippen LogP contribution in [-0.2, 0) is 11.3 Å². The van der Waals surface area contributed by atoms with Gasteiger partial charge >= 0.3 is 0 Å². The molecule has 0 spiro atoms. The van der Waals surface area contributed by atoms with Crippen LogP contribution < -0.4 is 19.7 Å². The van der Waals surface area contributed by atoms with Crippen LogP contribution in [0.3, 0.4) is 0 Å². The van der Waals surface area contributed by atoms with Crippen molar-refractivity contribution in [1.29, 1.82) is 0 Å². The minimum Gasteiger partial charge on any atom is -0.493 e. The fourth-order valence-electron chi connectivity index (χ4n) is 4.53. The van der Waals surface area contributed by atoms with Gasteiger partial charge in [0.1, 0.15) is 5.82 Å². The number of amides is 1. The highest BCUT2D eigenvalue weighted by Gasteiger charge is 2.28. The number of piperidine rings is 1. The first-order valence-corrected chi connectivity index (χ1v) is 12.2. The first kappa shape index (κ1) is 24.3. The molecule has 0 bridgehead atoms. The zero-order valence-electron chi connectivity index (χ0n) is 20.9. The van der Waals surface area contributed by atoms with Crippen molar-refractivity contribution in [2.75, 3.05) is 32.2 Å². The van der Waals surface area contributed by atoms with Crippen LogP contribution in [0.4, 0.5) is 5.82 Å². The third kappa shape index (κ3) is 5.40. The average Bonchev–Trinajstić information content (AvgIpc) is 3.46. The number of carbonyl (C=O) groups is 1. The third-order valence-corrected chi connectivity index (χ3v) is 6.56. The van der Waals surface area contributed by atoms with Gasteiger partial charge in [-0.25, -0.2) is 4.98 Å². The van der Waals surface area contributed by atoms with E-state index in [4.69, 9.17) is 14.0 Å². The summed E-state index contributed by atoms with van der Waals surface area (Å²) in [4.78, 5) is 24.3. The van der Waals surface area contributed by atoms with Crippen molar-refractivity contribution in [3.8, 4) is 34.3 Å². The number of nitrogens with zero attached hydrogens (tertiary/aromatic N) is 4. The van der Waals surface area contributed by atoms with E-state index in [1.165, 1.54) is 0 Å². The Bertz CT molecular complexity index is 1350. The van der Waals surface area contributed by atoms with Crippen molar-refractivity contribution in [2.24, 2.45) is 5.92 Å². The van der Waals surface area contributed by atoms with E-state index in [-0.39, 0.29) is 11.8 Å². The van der Waals surface area contributed by atoms with E-state index in [1.807, 2.05) is 60.7 Å². The maximum Gasteiger partial charge on any atom is 0.261 e. The molecule has 0 unspecified atom stereocenters. The molecule has 9 nitrogen and oxygen atoms in total. The number of aromatic nitrogens is 3. The molecule has 1 aliphatic rings. The average molecular weight is 500 g/mol. The van der Waals surface area contributed by atoms with Crippen LogP contribution in [0.2, 0.25) is 0 Å². The molecule has 4 aromatic rings. The van der Waals surface area contributed by atoms with Crippen LogP contribution in [0.5, 0.6) is 11.5 Å². The van der Waals surface area contributed by atoms with Crippen molar-refractivity contribution in [1.82, 2.24) is 20.4 Å². The number of methoxy groups -OCH3 is 2. The number of nitrogens with one attached hydrogen (secondary N) is 1. The number of pyridine rings is 1. The van der Waals surface area contributed by atoms with Gasteiger partial charge in [-0.05, 0) is 42.7 Å². The SMILES string of the molecule is COc1ccc(CNC(=O)C2CCN(c3ncccc3-c3nc(-c4ccccc4)no3)CC2)cc1OC. The Labute approximate surface area is 215 Å². The number of hydrogen-bond donors (Lipinski definition) is 1. The van der Waals surface area contributed by atoms with Crippen LogP contribution in [-0.4, -0.2) is 48.3 Å². The van der Waals surface area contributed by atoms with Crippen molar-refractivity contribution in [3.05, 3.63) is 72.4 Å². The van der Waals surface area contributed by atoms with Gasteiger partial charge in [-0.3, -0.25) is 4.79 Å². The standard InChI is InChI=1S/C28H29N5O4/c1-35-23-11-10-19(17-24(23)36-2)18-30-27(34)21-12-15-33(16-13-21)26-22(9-6-14-29-26)28-31-25(32-37-28)20-7-4-3-5-8-20/h3-11,14,17,21H,12-13,15-16,18H2,1-2H3,(H,30,34). The Morgan fingerprint density at radius 2 is 1.81 bits per heavy atom. The molecule has 1 N–H and O–H groups in total. The van der Waals surface area contributed by atoms with Crippen LogP contribution in [0.15, 0.2) is 71.4 Å². The first-order chi connectivity index (χ1) is 18.2. The zero-order chi connectivity index (χ0) is 25.6. The highest BCUT2D eigenvalue weighted by atomic mass is 16.5. The van der Waals surface area contributed by atoms with Gasteiger partial charge in [0.15, 0.2) is 11.5 Å². The normalized spacial score (nSPS) is 13.8. The van der Waals surface area contributed by atoms with E-state index in [2.05, 4.69) is 25.3 Å². The van der Waals surface area contributed by atoms with Gasteiger partial charge in [0.05, 0.1) is 19.8 Å². The number of anilines is 1. The second-order valence-corrected chi connectivity index (χ2v) is 8.83. The summed E-state index contributed by atoms with van der Waals surface area (Å²) in [5.74, 6) is 3.06. The lowest BCUT2D eigenvalue weighted by Crippen LogP contribution is -2.40. The summed E-state index contributed by atoms with van der Waals surface area (Å²) in [6.45, 7) is 1.85. The molecule has 2 aromatic carbocycles.